The lowest BCUT2D eigenvalue weighted by molar-refractivity contribution is -0.137. The third kappa shape index (κ3) is 3.14. The molecule has 2 rings (SSSR count). The monoisotopic (exact) mass is 274 g/mol. The Morgan fingerprint density at radius 2 is 2.10 bits per heavy atom. The average Bonchev–Trinajstić information content (AvgIpc) is 2.55. The van der Waals surface area contributed by atoms with E-state index in [9.17, 15) is 14.4 Å². The summed E-state index contributed by atoms with van der Waals surface area (Å²) >= 11 is 0. The van der Waals surface area contributed by atoms with Crippen LogP contribution in [0.25, 0.3) is 0 Å². The number of hydrogen-bond acceptors (Lipinski definition) is 4. The van der Waals surface area contributed by atoms with Crippen LogP contribution in [-0.4, -0.2) is 22.8 Å². The van der Waals surface area contributed by atoms with Gasteiger partial charge in [0.1, 0.15) is 0 Å². The van der Waals surface area contributed by atoms with E-state index in [0.717, 1.165) is 5.56 Å². The molecule has 1 aromatic rings. The van der Waals surface area contributed by atoms with Gasteiger partial charge in [-0.2, -0.15) is 0 Å². The molecule has 0 radical (unpaired) electrons. The quantitative estimate of drug-likeness (QED) is 0.852. The first kappa shape index (κ1) is 14.0. The van der Waals surface area contributed by atoms with Crippen molar-refractivity contribution in [1.82, 2.24) is 0 Å². The van der Waals surface area contributed by atoms with Crippen molar-refractivity contribution in [2.45, 2.75) is 32.1 Å². The SMILES string of the molecule is CC(CCC(=O)O)c1ccc2c(c1)CC(=O)C(=O)N=N2. The predicted octanol–water partition coefficient (Wildman–Crippen LogP) is 2.39. The molecule has 0 aliphatic carbocycles. The van der Waals surface area contributed by atoms with Gasteiger partial charge in [0.2, 0.25) is 5.78 Å². The third-order valence-electron chi connectivity index (χ3n) is 3.30. The topological polar surface area (TPSA) is 96.2 Å². The molecular formula is C14H14N2O4. The van der Waals surface area contributed by atoms with Gasteiger partial charge in [-0.1, -0.05) is 19.1 Å². The highest BCUT2D eigenvalue weighted by Crippen LogP contribution is 2.29. The summed E-state index contributed by atoms with van der Waals surface area (Å²) in [6.45, 7) is 1.93. The number of rotatable bonds is 4. The largest absolute Gasteiger partial charge is 0.481 e. The van der Waals surface area contributed by atoms with Crippen molar-refractivity contribution in [1.29, 1.82) is 0 Å². The van der Waals surface area contributed by atoms with Gasteiger partial charge in [0.15, 0.2) is 0 Å². The van der Waals surface area contributed by atoms with Crippen LogP contribution >= 0.6 is 0 Å². The molecule has 0 aromatic heterocycles. The second-order valence-electron chi connectivity index (χ2n) is 4.83. The summed E-state index contributed by atoms with van der Waals surface area (Å²) in [7, 11) is 0. The van der Waals surface area contributed by atoms with Crippen molar-refractivity contribution in [2.24, 2.45) is 10.2 Å². The Morgan fingerprint density at radius 3 is 2.80 bits per heavy atom. The summed E-state index contributed by atoms with van der Waals surface area (Å²) in [6.07, 6.45) is 0.596. The number of ketones is 1. The van der Waals surface area contributed by atoms with Gasteiger partial charge < -0.3 is 5.11 Å². The molecule has 0 bridgehead atoms. The maximum atomic E-state index is 11.5. The number of aliphatic carboxylic acids is 1. The lowest BCUT2D eigenvalue weighted by atomic mass is 9.93. The van der Waals surface area contributed by atoms with Gasteiger partial charge in [-0.25, -0.2) is 0 Å². The standard InChI is InChI=1S/C14H14N2O4/c1-8(2-5-13(18)19)9-3-4-11-10(6-9)7-12(17)14(20)16-15-11/h3-4,6,8H,2,5,7H2,1H3,(H,18,19). The number of carbonyl (C=O) groups excluding carboxylic acids is 2. The summed E-state index contributed by atoms with van der Waals surface area (Å²) in [5, 5.41) is 15.8. The van der Waals surface area contributed by atoms with Crippen LogP contribution in [-0.2, 0) is 20.8 Å². The van der Waals surface area contributed by atoms with E-state index in [1.165, 1.54) is 0 Å². The van der Waals surface area contributed by atoms with Crippen molar-refractivity contribution in [3.05, 3.63) is 29.3 Å². The Balaban J connectivity index is 2.22. The normalized spacial score (nSPS) is 15.7. The van der Waals surface area contributed by atoms with E-state index in [0.29, 0.717) is 17.7 Å². The van der Waals surface area contributed by atoms with Crippen molar-refractivity contribution >= 4 is 23.3 Å². The van der Waals surface area contributed by atoms with E-state index < -0.39 is 17.7 Å². The second-order valence-corrected chi connectivity index (χ2v) is 4.83. The minimum atomic E-state index is -0.832. The van der Waals surface area contributed by atoms with Gasteiger partial charge in [0.05, 0.1) is 5.69 Å². The minimum Gasteiger partial charge on any atom is -0.481 e. The number of azo groups is 1. The van der Waals surface area contributed by atoms with Gasteiger partial charge in [0, 0.05) is 12.8 Å². The molecule has 1 N–H and O–H groups in total. The van der Waals surface area contributed by atoms with Gasteiger partial charge in [0.25, 0.3) is 0 Å². The number of carboxylic acid groups (broad SMARTS) is 1. The highest BCUT2D eigenvalue weighted by molar-refractivity contribution is 6.37. The van der Waals surface area contributed by atoms with Crippen LogP contribution in [0.4, 0.5) is 5.69 Å². The molecule has 0 spiro atoms. The third-order valence-corrected chi connectivity index (χ3v) is 3.30. The zero-order valence-electron chi connectivity index (χ0n) is 11.0. The molecule has 104 valence electrons. The molecule has 6 heteroatoms. The summed E-state index contributed by atoms with van der Waals surface area (Å²) in [5.41, 5.74) is 2.10. The van der Waals surface area contributed by atoms with Gasteiger partial charge >= 0.3 is 11.9 Å². The smallest absolute Gasteiger partial charge is 0.331 e. The molecule has 6 nitrogen and oxygen atoms in total. The van der Waals surface area contributed by atoms with E-state index in [-0.39, 0.29) is 18.8 Å². The fourth-order valence-corrected chi connectivity index (χ4v) is 2.06. The predicted molar refractivity (Wildman–Crippen MR) is 70.0 cm³/mol. The Morgan fingerprint density at radius 1 is 1.35 bits per heavy atom. The number of carbonyl (C=O) groups is 3. The Labute approximate surface area is 115 Å². The summed E-state index contributed by atoms with van der Waals surface area (Å²) in [6, 6.07) is 5.33. The number of Topliss-reactive ketones (excluding diaryl/α,β-unsaturated/α-hetero) is 1. The summed E-state index contributed by atoms with van der Waals surface area (Å²) < 4.78 is 0. The van der Waals surface area contributed by atoms with Crippen LogP contribution in [0, 0.1) is 0 Å². The van der Waals surface area contributed by atoms with Crippen LogP contribution in [0.5, 0.6) is 0 Å². The molecule has 1 amide bonds. The number of benzene rings is 1. The van der Waals surface area contributed by atoms with Crippen LogP contribution in [0.1, 0.15) is 36.8 Å². The van der Waals surface area contributed by atoms with Crippen molar-refractivity contribution in [3.63, 3.8) is 0 Å². The molecule has 1 aromatic carbocycles. The van der Waals surface area contributed by atoms with Crippen LogP contribution in [0.15, 0.2) is 28.4 Å². The Bertz CT molecular complexity index is 607. The van der Waals surface area contributed by atoms with Crippen molar-refractivity contribution < 1.29 is 19.5 Å². The number of nitrogens with zero attached hydrogens (tertiary/aromatic N) is 2. The lowest BCUT2D eigenvalue weighted by Gasteiger charge is -2.12. The summed E-state index contributed by atoms with van der Waals surface area (Å²) in [4.78, 5) is 33.3. The molecule has 1 atom stereocenters. The van der Waals surface area contributed by atoms with Crippen LogP contribution in [0.2, 0.25) is 0 Å². The highest BCUT2D eigenvalue weighted by atomic mass is 16.4. The maximum absolute atomic E-state index is 11.5. The van der Waals surface area contributed by atoms with Gasteiger partial charge in [-0.15, -0.1) is 10.2 Å². The van der Waals surface area contributed by atoms with E-state index in [2.05, 4.69) is 10.2 Å². The maximum Gasteiger partial charge on any atom is 0.331 e. The molecular weight excluding hydrogens is 260 g/mol. The number of amides is 1. The molecule has 20 heavy (non-hydrogen) atoms. The second kappa shape index (κ2) is 5.73. The zero-order chi connectivity index (χ0) is 14.7. The average molecular weight is 274 g/mol. The zero-order valence-corrected chi connectivity index (χ0v) is 11.0. The molecule has 1 aliphatic rings. The van der Waals surface area contributed by atoms with Crippen molar-refractivity contribution in [2.75, 3.05) is 0 Å². The van der Waals surface area contributed by atoms with Crippen LogP contribution < -0.4 is 0 Å². The molecule has 0 fully saturated rings. The molecule has 1 aliphatic heterocycles. The Kier molecular flexibility index (Phi) is 4.02. The van der Waals surface area contributed by atoms with Gasteiger partial charge in [-0.05, 0) is 29.5 Å². The molecule has 0 saturated carbocycles. The fraction of sp³-hybridized carbons (Fsp3) is 0.357. The first-order valence-corrected chi connectivity index (χ1v) is 6.31. The minimum absolute atomic E-state index is 0.0132. The number of hydrogen-bond donors (Lipinski definition) is 1. The van der Waals surface area contributed by atoms with Crippen LogP contribution in [0.3, 0.4) is 0 Å². The molecule has 1 unspecified atom stereocenters. The first-order chi connectivity index (χ1) is 9.47. The number of fused-ring (bicyclic) bond motifs is 1. The lowest BCUT2D eigenvalue weighted by Crippen LogP contribution is -2.12. The van der Waals surface area contributed by atoms with E-state index >= 15 is 0 Å². The summed E-state index contributed by atoms with van der Waals surface area (Å²) in [5.74, 6) is -2.19. The van der Waals surface area contributed by atoms with E-state index in [1.54, 1.807) is 12.1 Å². The van der Waals surface area contributed by atoms with E-state index in [4.69, 9.17) is 5.11 Å². The Hall–Kier alpha value is -2.37. The first-order valence-electron chi connectivity index (χ1n) is 6.31. The van der Waals surface area contributed by atoms with Gasteiger partial charge in [-0.3, -0.25) is 14.4 Å². The van der Waals surface area contributed by atoms with Crippen molar-refractivity contribution in [3.8, 4) is 0 Å². The van der Waals surface area contributed by atoms with E-state index in [1.807, 2.05) is 13.0 Å². The fourth-order valence-electron chi connectivity index (χ4n) is 2.06. The number of carboxylic acids is 1. The molecule has 1 heterocycles. The highest BCUT2D eigenvalue weighted by Gasteiger charge is 2.20. The molecule has 0 saturated heterocycles.